The number of amides is 1. The summed E-state index contributed by atoms with van der Waals surface area (Å²) in [6.07, 6.45) is 2.10. The van der Waals surface area contributed by atoms with Gasteiger partial charge in [0.15, 0.2) is 0 Å². The molecule has 2 saturated heterocycles. The van der Waals surface area contributed by atoms with Gasteiger partial charge in [0.05, 0.1) is 5.60 Å². The van der Waals surface area contributed by atoms with Crippen molar-refractivity contribution in [2.75, 3.05) is 0 Å². The van der Waals surface area contributed by atoms with E-state index in [0.717, 1.165) is 12.8 Å². The van der Waals surface area contributed by atoms with E-state index in [9.17, 15) is 18.7 Å². The Kier molecular flexibility index (Phi) is 4.86. The molecule has 2 atom stereocenters. The van der Waals surface area contributed by atoms with Gasteiger partial charge in [0, 0.05) is 24.9 Å². The maximum atomic E-state index is 12.5. The van der Waals surface area contributed by atoms with Crippen LogP contribution in [0, 0.1) is 0 Å². The van der Waals surface area contributed by atoms with Gasteiger partial charge in [-0.15, -0.1) is 0 Å². The Labute approximate surface area is 151 Å². The quantitative estimate of drug-likeness (QED) is 0.874. The third kappa shape index (κ3) is 3.92. The van der Waals surface area contributed by atoms with Crippen LogP contribution >= 0.6 is 0 Å². The van der Waals surface area contributed by atoms with Gasteiger partial charge in [-0.2, -0.15) is 8.78 Å². The number of carbonyl (C=O) groups excluding carboxylic acids is 1. The zero-order chi connectivity index (χ0) is 19.1. The number of fused-ring (bicyclic) bond motifs is 2. The van der Waals surface area contributed by atoms with Crippen molar-refractivity contribution in [3.63, 3.8) is 0 Å². The number of carbonyl (C=O) groups is 1. The number of alkyl halides is 2. The van der Waals surface area contributed by atoms with Crippen LogP contribution in [0.4, 0.5) is 13.6 Å². The highest BCUT2D eigenvalue weighted by Gasteiger charge is 2.51. The number of aliphatic hydroxyl groups is 1. The van der Waals surface area contributed by atoms with Crippen LogP contribution in [0.25, 0.3) is 0 Å². The van der Waals surface area contributed by atoms with Gasteiger partial charge < -0.3 is 19.5 Å². The SMILES string of the molecule is CC(C)(C)OC(=O)N1C2CCC1CC(O)(c1ccc(OC(F)F)cc1)C2. The Bertz CT molecular complexity index is 642. The molecule has 1 aromatic carbocycles. The molecule has 0 aliphatic carbocycles. The van der Waals surface area contributed by atoms with Gasteiger partial charge in [-0.1, -0.05) is 12.1 Å². The summed E-state index contributed by atoms with van der Waals surface area (Å²) in [5.41, 5.74) is -1.00. The lowest BCUT2D eigenvalue weighted by Gasteiger charge is -2.44. The number of benzene rings is 1. The van der Waals surface area contributed by atoms with Crippen LogP contribution in [-0.2, 0) is 10.3 Å². The molecule has 26 heavy (non-hydrogen) atoms. The lowest BCUT2D eigenvalue weighted by Crippen LogP contribution is -2.53. The molecule has 3 rings (SSSR count). The van der Waals surface area contributed by atoms with E-state index in [4.69, 9.17) is 4.74 Å². The molecular formula is C19H25F2NO4. The highest BCUT2D eigenvalue weighted by molar-refractivity contribution is 5.69. The second-order valence-corrected chi connectivity index (χ2v) is 8.12. The fraction of sp³-hybridized carbons (Fsp3) is 0.632. The minimum Gasteiger partial charge on any atom is -0.444 e. The Balaban J connectivity index is 1.74. The second kappa shape index (κ2) is 6.68. The van der Waals surface area contributed by atoms with Gasteiger partial charge in [-0.25, -0.2) is 4.79 Å². The van der Waals surface area contributed by atoms with Crippen molar-refractivity contribution in [2.45, 2.75) is 76.4 Å². The summed E-state index contributed by atoms with van der Waals surface area (Å²) in [5.74, 6) is 0.0570. The van der Waals surface area contributed by atoms with Crippen molar-refractivity contribution in [2.24, 2.45) is 0 Å². The van der Waals surface area contributed by atoms with E-state index in [-0.39, 0.29) is 23.9 Å². The van der Waals surface area contributed by atoms with E-state index >= 15 is 0 Å². The normalized spacial score (nSPS) is 28.3. The summed E-state index contributed by atoms with van der Waals surface area (Å²) in [5, 5.41) is 11.2. The molecule has 0 saturated carbocycles. The van der Waals surface area contributed by atoms with E-state index in [1.165, 1.54) is 12.1 Å². The number of piperidine rings is 1. The summed E-state index contributed by atoms with van der Waals surface area (Å²) in [7, 11) is 0. The topological polar surface area (TPSA) is 59.0 Å². The molecule has 0 radical (unpaired) electrons. The molecule has 1 aromatic rings. The van der Waals surface area contributed by atoms with E-state index in [0.29, 0.717) is 18.4 Å². The Morgan fingerprint density at radius 3 is 2.19 bits per heavy atom. The highest BCUT2D eigenvalue weighted by Crippen LogP contribution is 2.46. The number of nitrogens with zero attached hydrogens (tertiary/aromatic N) is 1. The van der Waals surface area contributed by atoms with Gasteiger partial charge in [0.1, 0.15) is 11.4 Å². The molecule has 2 unspecified atom stereocenters. The zero-order valence-corrected chi connectivity index (χ0v) is 15.2. The van der Waals surface area contributed by atoms with E-state index in [2.05, 4.69) is 4.74 Å². The fourth-order valence-electron chi connectivity index (χ4n) is 4.02. The summed E-state index contributed by atoms with van der Waals surface area (Å²) in [4.78, 5) is 14.3. The smallest absolute Gasteiger partial charge is 0.410 e. The molecule has 2 aliphatic heterocycles. The van der Waals surface area contributed by atoms with Crippen molar-refractivity contribution in [1.29, 1.82) is 0 Å². The summed E-state index contributed by atoms with van der Waals surface area (Å²) < 4.78 is 34.4. The first-order chi connectivity index (χ1) is 12.1. The van der Waals surface area contributed by atoms with Crippen LogP contribution in [0.5, 0.6) is 5.75 Å². The minimum absolute atomic E-state index is 0.0570. The zero-order valence-electron chi connectivity index (χ0n) is 15.2. The average molecular weight is 369 g/mol. The molecule has 144 valence electrons. The third-order valence-electron chi connectivity index (χ3n) is 4.99. The summed E-state index contributed by atoms with van der Waals surface area (Å²) >= 11 is 0. The number of ether oxygens (including phenoxy) is 2. The van der Waals surface area contributed by atoms with Gasteiger partial charge >= 0.3 is 12.7 Å². The predicted octanol–water partition coefficient (Wildman–Crippen LogP) is 4.04. The Morgan fingerprint density at radius 2 is 1.73 bits per heavy atom. The molecule has 1 N–H and O–H groups in total. The first-order valence-electron chi connectivity index (χ1n) is 8.86. The Hall–Kier alpha value is -1.89. The Morgan fingerprint density at radius 1 is 1.19 bits per heavy atom. The third-order valence-corrected chi connectivity index (χ3v) is 4.99. The monoisotopic (exact) mass is 369 g/mol. The lowest BCUT2D eigenvalue weighted by molar-refractivity contribution is -0.0625. The van der Waals surface area contributed by atoms with E-state index in [1.54, 1.807) is 17.0 Å². The summed E-state index contributed by atoms with van der Waals surface area (Å²) in [6.45, 7) is 2.61. The molecule has 7 heteroatoms. The molecule has 0 aromatic heterocycles. The first-order valence-corrected chi connectivity index (χ1v) is 8.86. The van der Waals surface area contributed by atoms with Crippen molar-refractivity contribution in [3.8, 4) is 5.75 Å². The van der Waals surface area contributed by atoms with Crippen molar-refractivity contribution < 1.29 is 28.2 Å². The van der Waals surface area contributed by atoms with E-state index < -0.39 is 17.8 Å². The number of rotatable bonds is 3. The molecule has 2 bridgehead atoms. The van der Waals surface area contributed by atoms with Crippen LogP contribution in [0.1, 0.15) is 52.0 Å². The minimum atomic E-state index is -2.88. The van der Waals surface area contributed by atoms with E-state index in [1.807, 2.05) is 20.8 Å². The van der Waals surface area contributed by atoms with Crippen molar-refractivity contribution >= 4 is 6.09 Å². The van der Waals surface area contributed by atoms with Gasteiger partial charge in [0.2, 0.25) is 0 Å². The second-order valence-electron chi connectivity index (χ2n) is 8.12. The molecule has 2 heterocycles. The van der Waals surface area contributed by atoms with Crippen LogP contribution in [-0.4, -0.2) is 40.4 Å². The van der Waals surface area contributed by atoms with Crippen LogP contribution < -0.4 is 4.74 Å². The molecular weight excluding hydrogens is 344 g/mol. The molecule has 1 amide bonds. The lowest BCUT2D eigenvalue weighted by atomic mass is 9.80. The summed E-state index contributed by atoms with van der Waals surface area (Å²) in [6, 6.07) is 5.90. The molecule has 0 spiro atoms. The maximum Gasteiger partial charge on any atom is 0.410 e. The van der Waals surface area contributed by atoms with Gasteiger partial charge in [0.25, 0.3) is 0 Å². The highest BCUT2D eigenvalue weighted by atomic mass is 19.3. The fourth-order valence-corrected chi connectivity index (χ4v) is 4.02. The van der Waals surface area contributed by atoms with Crippen LogP contribution in [0.2, 0.25) is 0 Å². The van der Waals surface area contributed by atoms with Crippen molar-refractivity contribution in [3.05, 3.63) is 29.8 Å². The largest absolute Gasteiger partial charge is 0.444 e. The molecule has 2 aliphatic rings. The van der Waals surface area contributed by atoms with Crippen LogP contribution in [0.15, 0.2) is 24.3 Å². The molecule has 2 fully saturated rings. The standard InChI is InChI=1S/C19H25F2NO4/c1-18(2,3)26-17(23)22-13-6-7-14(22)11-19(24,10-13)12-4-8-15(9-5-12)25-16(20)21/h4-5,8-9,13-14,16,24H,6-7,10-11H2,1-3H3. The molecule has 5 nitrogen and oxygen atoms in total. The average Bonchev–Trinajstić information content (AvgIpc) is 2.78. The van der Waals surface area contributed by atoms with Crippen molar-refractivity contribution in [1.82, 2.24) is 4.90 Å². The first kappa shape index (κ1) is 18.9. The maximum absolute atomic E-state index is 12.5. The number of hydrogen-bond acceptors (Lipinski definition) is 4. The van der Waals surface area contributed by atoms with Gasteiger partial charge in [-0.3, -0.25) is 0 Å². The number of halogens is 2. The van der Waals surface area contributed by atoms with Gasteiger partial charge in [-0.05, 0) is 51.3 Å². The predicted molar refractivity (Wildman–Crippen MR) is 91.1 cm³/mol. The number of hydrogen-bond donors (Lipinski definition) is 1. The van der Waals surface area contributed by atoms with Crippen LogP contribution in [0.3, 0.4) is 0 Å².